The molecule has 12 heteroatoms. The first kappa shape index (κ1) is 29.1. The number of pyridine rings is 2. The molecule has 4 aromatic rings. The molecular weight excluding hydrogens is 558 g/mol. The number of anilines is 3. The van der Waals surface area contributed by atoms with Crippen molar-refractivity contribution in [1.82, 2.24) is 30.0 Å². The van der Waals surface area contributed by atoms with Crippen molar-refractivity contribution >= 4 is 40.2 Å². The van der Waals surface area contributed by atoms with E-state index in [-0.39, 0.29) is 17.9 Å². The monoisotopic (exact) mass is 595 g/mol. The highest BCUT2D eigenvalue weighted by atomic mass is 16.5. The molecule has 4 heterocycles. The summed E-state index contributed by atoms with van der Waals surface area (Å²) in [4.78, 5) is 40.3. The van der Waals surface area contributed by atoms with Crippen LogP contribution < -0.4 is 20.3 Å². The number of carbonyl (C=O) groups is 2. The zero-order chi connectivity index (χ0) is 30.6. The number of nitrogens with one attached hydrogen (secondary N) is 3. The molecule has 1 saturated carbocycles. The molecule has 3 N–H and O–H groups in total. The van der Waals surface area contributed by atoms with E-state index in [1.807, 2.05) is 42.1 Å². The fraction of sp³-hybridized carbons (Fsp3) is 0.344. The zero-order valence-electron chi connectivity index (χ0n) is 25.2. The van der Waals surface area contributed by atoms with Gasteiger partial charge in [0, 0.05) is 87.7 Å². The maximum absolute atomic E-state index is 12.8. The molecule has 1 atom stereocenters. The first-order chi connectivity index (χ1) is 21.3. The number of likely N-dealkylation sites (N-methyl/N-ethyl adjacent to an activating group) is 1. The van der Waals surface area contributed by atoms with Crippen LogP contribution in [0, 0.1) is 0 Å². The Kier molecular flexibility index (Phi) is 8.42. The van der Waals surface area contributed by atoms with Gasteiger partial charge in [0.15, 0.2) is 11.5 Å². The van der Waals surface area contributed by atoms with Crippen LogP contribution in [0.4, 0.5) is 17.3 Å². The van der Waals surface area contributed by atoms with E-state index in [0.29, 0.717) is 58.9 Å². The van der Waals surface area contributed by atoms with Crippen molar-refractivity contribution in [1.29, 1.82) is 0 Å². The number of H-pyrrole nitrogens is 1. The summed E-state index contributed by atoms with van der Waals surface area (Å²) in [6.45, 7) is 2.06. The third-order valence-electron chi connectivity index (χ3n) is 7.93. The highest BCUT2D eigenvalue weighted by molar-refractivity contribution is 6.04. The minimum absolute atomic E-state index is 0.0338. The Labute approximate surface area is 256 Å². The van der Waals surface area contributed by atoms with E-state index in [1.165, 1.54) is 12.8 Å². The Morgan fingerprint density at radius 1 is 1.07 bits per heavy atom. The van der Waals surface area contributed by atoms with Crippen molar-refractivity contribution in [3.63, 3.8) is 0 Å². The van der Waals surface area contributed by atoms with Crippen LogP contribution in [0.1, 0.15) is 29.6 Å². The molecule has 228 valence electrons. The van der Waals surface area contributed by atoms with Gasteiger partial charge in [-0.2, -0.15) is 5.10 Å². The number of aromatic amines is 1. The second kappa shape index (κ2) is 12.7. The fourth-order valence-corrected chi connectivity index (χ4v) is 5.23. The lowest BCUT2D eigenvalue weighted by Crippen LogP contribution is -2.30. The number of hydrogen-bond acceptors (Lipinski definition) is 9. The van der Waals surface area contributed by atoms with Gasteiger partial charge < -0.3 is 25.2 Å². The summed E-state index contributed by atoms with van der Waals surface area (Å²) in [5, 5.41) is 14.5. The van der Waals surface area contributed by atoms with Crippen LogP contribution >= 0.6 is 0 Å². The lowest BCUT2D eigenvalue weighted by Gasteiger charge is -2.16. The lowest BCUT2D eigenvalue weighted by molar-refractivity contribution is -0.125. The summed E-state index contributed by atoms with van der Waals surface area (Å²) in [6.07, 6.45) is 10.3. The number of carbonyl (C=O) groups excluding carboxylic acids is 2. The highest BCUT2D eigenvalue weighted by Crippen LogP contribution is 2.34. The number of fused-ring (bicyclic) bond motifs is 1. The van der Waals surface area contributed by atoms with Crippen molar-refractivity contribution in [2.75, 3.05) is 56.3 Å². The van der Waals surface area contributed by atoms with Crippen LogP contribution in [0.15, 0.2) is 67.0 Å². The van der Waals surface area contributed by atoms with E-state index in [4.69, 9.17) is 4.74 Å². The number of likely N-dealkylation sites (tertiary alicyclic amines) is 1. The van der Waals surface area contributed by atoms with Crippen molar-refractivity contribution in [2.24, 2.45) is 0 Å². The van der Waals surface area contributed by atoms with Gasteiger partial charge in [-0.25, -0.2) is 9.97 Å². The molecule has 0 unspecified atom stereocenters. The Balaban J connectivity index is 1.08. The lowest BCUT2D eigenvalue weighted by atomic mass is 10.2. The van der Waals surface area contributed by atoms with Crippen LogP contribution in [0.5, 0.6) is 11.5 Å². The second-order valence-corrected chi connectivity index (χ2v) is 11.5. The molecule has 0 bridgehead atoms. The summed E-state index contributed by atoms with van der Waals surface area (Å²) >= 11 is 0. The first-order valence-electron chi connectivity index (χ1n) is 14.8. The topological polar surface area (TPSA) is 132 Å². The van der Waals surface area contributed by atoms with Crippen LogP contribution in [0.2, 0.25) is 0 Å². The Morgan fingerprint density at radius 3 is 2.64 bits per heavy atom. The number of ether oxygens (including phenoxy) is 1. The Hall–Kier alpha value is -4.97. The maximum atomic E-state index is 12.8. The van der Waals surface area contributed by atoms with E-state index in [2.05, 4.69) is 42.7 Å². The third-order valence-corrected chi connectivity index (χ3v) is 7.93. The minimum atomic E-state index is -0.266. The van der Waals surface area contributed by atoms with E-state index in [9.17, 15) is 9.59 Å². The first-order valence-corrected chi connectivity index (χ1v) is 14.8. The maximum Gasteiger partial charge on any atom is 0.256 e. The highest BCUT2D eigenvalue weighted by Gasteiger charge is 2.27. The number of aromatic nitrogens is 4. The predicted molar refractivity (Wildman–Crippen MR) is 170 cm³/mol. The fourth-order valence-electron chi connectivity index (χ4n) is 5.23. The van der Waals surface area contributed by atoms with Crippen LogP contribution in [0.3, 0.4) is 0 Å². The molecule has 1 aliphatic heterocycles. The molecule has 6 rings (SSSR count). The van der Waals surface area contributed by atoms with E-state index in [0.717, 1.165) is 18.7 Å². The molecule has 1 saturated heterocycles. The van der Waals surface area contributed by atoms with Gasteiger partial charge in [0.1, 0.15) is 22.7 Å². The number of nitrogens with zero attached hydrogens (tertiary/aromatic N) is 6. The van der Waals surface area contributed by atoms with Crippen molar-refractivity contribution < 1.29 is 14.3 Å². The van der Waals surface area contributed by atoms with E-state index in [1.54, 1.807) is 48.8 Å². The van der Waals surface area contributed by atoms with Crippen LogP contribution in [-0.4, -0.2) is 94.6 Å². The summed E-state index contributed by atoms with van der Waals surface area (Å²) in [7, 11) is 5.96. The second-order valence-electron chi connectivity index (χ2n) is 11.5. The van der Waals surface area contributed by atoms with Crippen molar-refractivity contribution in [3.05, 3.63) is 72.6 Å². The average molecular weight is 596 g/mol. The van der Waals surface area contributed by atoms with Gasteiger partial charge in [0.25, 0.3) is 5.91 Å². The van der Waals surface area contributed by atoms with Crippen molar-refractivity contribution in [3.8, 4) is 11.5 Å². The Morgan fingerprint density at radius 2 is 1.86 bits per heavy atom. The Bertz CT molecular complexity index is 1660. The van der Waals surface area contributed by atoms with Crippen LogP contribution in [-0.2, 0) is 4.79 Å². The van der Waals surface area contributed by atoms with Gasteiger partial charge in [0.2, 0.25) is 5.91 Å². The van der Waals surface area contributed by atoms with E-state index >= 15 is 0 Å². The SMILES string of the molecule is CN(C)c1ccnc(NC(=O)c2ccc(Oc3ccnc4[nH]nc(N[C@@H]5CCN(C(=O)/C=C/CN(C)C6CC6)C5)c34)cc2)c1. The molecular formula is C32H37N9O3. The number of amides is 2. The van der Waals surface area contributed by atoms with Gasteiger partial charge in [-0.15, -0.1) is 0 Å². The van der Waals surface area contributed by atoms with Gasteiger partial charge in [-0.05, 0) is 56.6 Å². The number of hydrogen-bond donors (Lipinski definition) is 3. The third kappa shape index (κ3) is 6.81. The van der Waals surface area contributed by atoms with E-state index < -0.39 is 0 Å². The zero-order valence-corrected chi connectivity index (χ0v) is 25.2. The summed E-state index contributed by atoms with van der Waals surface area (Å²) in [5.41, 5.74) is 2.00. The molecule has 1 aromatic carbocycles. The molecule has 0 spiro atoms. The summed E-state index contributed by atoms with van der Waals surface area (Å²) in [6, 6.07) is 13.1. The number of rotatable bonds is 11. The van der Waals surface area contributed by atoms with Gasteiger partial charge in [-0.3, -0.25) is 19.6 Å². The normalized spacial score (nSPS) is 16.5. The smallest absolute Gasteiger partial charge is 0.256 e. The van der Waals surface area contributed by atoms with Gasteiger partial charge in [-0.1, -0.05) is 6.08 Å². The number of benzene rings is 1. The summed E-state index contributed by atoms with van der Waals surface area (Å²) < 4.78 is 6.23. The van der Waals surface area contributed by atoms with Gasteiger partial charge in [0.05, 0.1) is 0 Å². The molecule has 2 fully saturated rings. The molecule has 12 nitrogen and oxygen atoms in total. The van der Waals surface area contributed by atoms with Crippen molar-refractivity contribution in [2.45, 2.75) is 31.3 Å². The molecule has 3 aromatic heterocycles. The summed E-state index contributed by atoms with van der Waals surface area (Å²) in [5.74, 6) is 1.99. The molecule has 2 amide bonds. The molecule has 2 aliphatic rings. The van der Waals surface area contributed by atoms with Gasteiger partial charge >= 0.3 is 0 Å². The molecule has 1 aliphatic carbocycles. The van der Waals surface area contributed by atoms with Crippen LogP contribution in [0.25, 0.3) is 11.0 Å². The predicted octanol–water partition coefficient (Wildman–Crippen LogP) is 4.13. The molecule has 0 radical (unpaired) electrons. The standard InChI is InChI=1S/C32H37N9O3/c1-39(2)24-12-15-33-27(19-24)36-32(43)21-6-10-25(11-7-21)44-26-13-16-34-30-29(26)31(38-37-30)35-22-14-18-41(20-22)28(42)5-4-17-40(3)23-8-9-23/h4-7,10-13,15-16,19,22-23H,8-9,14,17-18,20H2,1-3H3,(H,33,36,43)(H2,34,35,37,38)/b5-4+/t22-/m1/s1. The minimum Gasteiger partial charge on any atom is -0.456 e. The largest absolute Gasteiger partial charge is 0.456 e. The molecule has 44 heavy (non-hydrogen) atoms. The average Bonchev–Trinajstić information content (AvgIpc) is 3.64. The quantitative estimate of drug-likeness (QED) is 0.219.